The minimum Gasteiger partial charge on any atom is -0.495 e. The topological polar surface area (TPSA) is 62.7 Å². The SMILES string of the molecule is COc1c(I)cc(I)cc1/C=N\NC(=O)CNc1ccccc1C. The Balaban J connectivity index is 1.94. The minimum atomic E-state index is -0.214. The van der Waals surface area contributed by atoms with Crippen molar-refractivity contribution in [2.24, 2.45) is 5.10 Å². The predicted octanol–water partition coefficient (Wildman–Crippen LogP) is 3.78. The lowest BCUT2D eigenvalue weighted by molar-refractivity contribution is -0.119. The highest BCUT2D eigenvalue weighted by atomic mass is 127. The molecule has 7 heteroatoms. The number of rotatable bonds is 6. The lowest BCUT2D eigenvalue weighted by Crippen LogP contribution is -2.26. The van der Waals surface area contributed by atoms with Crippen molar-refractivity contribution in [1.82, 2.24) is 5.43 Å². The van der Waals surface area contributed by atoms with Crippen molar-refractivity contribution in [3.63, 3.8) is 0 Å². The number of methoxy groups -OCH3 is 1. The lowest BCUT2D eigenvalue weighted by Gasteiger charge is -2.09. The molecule has 126 valence electrons. The van der Waals surface area contributed by atoms with Crippen LogP contribution in [-0.4, -0.2) is 25.8 Å². The first-order chi connectivity index (χ1) is 11.5. The number of ether oxygens (including phenoxy) is 1. The zero-order chi connectivity index (χ0) is 17.5. The minimum absolute atomic E-state index is 0.156. The first-order valence-corrected chi connectivity index (χ1v) is 9.31. The van der Waals surface area contributed by atoms with Gasteiger partial charge in [-0.15, -0.1) is 0 Å². The van der Waals surface area contributed by atoms with E-state index in [1.54, 1.807) is 13.3 Å². The fourth-order valence-corrected chi connectivity index (χ4v) is 4.16. The zero-order valence-electron chi connectivity index (χ0n) is 13.3. The predicted molar refractivity (Wildman–Crippen MR) is 114 cm³/mol. The number of anilines is 1. The van der Waals surface area contributed by atoms with Crippen molar-refractivity contribution < 1.29 is 9.53 Å². The fraction of sp³-hybridized carbons (Fsp3) is 0.176. The molecular formula is C17H17I2N3O2. The maximum atomic E-state index is 11.9. The highest BCUT2D eigenvalue weighted by Gasteiger charge is 2.07. The molecule has 0 fully saturated rings. The number of carbonyl (C=O) groups is 1. The van der Waals surface area contributed by atoms with Crippen molar-refractivity contribution in [2.45, 2.75) is 6.92 Å². The molecule has 0 aliphatic rings. The molecule has 0 heterocycles. The summed E-state index contributed by atoms with van der Waals surface area (Å²) in [5.74, 6) is 0.529. The second kappa shape index (κ2) is 9.21. The third-order valence-corrected chi connectivity index (χ3v) is 4.64. The molecule has 0 radical (unpaired) electrons. The molecule has 1 amide bonds. The zero-order valence-corrected chi connectivity index (χ0v) is 17.6. The summed E-state index contributed by atoms with van der Waals surface area (Å²) in [6.07, 6.45) is 1.59. The number of hydrogen-bond donors (Lipinski definition) is 2. The number of halogens is 2. The van der Waals surface area contributed by atoms with E-state index in [2.05, 4.69) is 61.0 Å². The second-order valence-corrected chi connectivity index (χ2v) is 7.38. The van der Waals surface area contributed by atoms with E-state index in [1.165, 1.54) is 0 Å². The van der Waals surface area contributed by atoms with Crippen LogP contribution in [0.1, 0.15) is 11.1 Å². The molecule has 0 aliphatic carbocycles. The molecule has 2 rings (SSSR count). The smallest absolute Gasteiger partial charge is 0.259 e. The molecule has 0 saturated carbocycles. The average molecular weight is 549 g/mol. The molecule has 24 heavy (non-hydrogen) atoms. The van der Waals surface area contributed by atoms with Crippen LogP contribution in [0, 0.1) is 14.1 Å². The molecule has 0 aromatic heterocycles. The van der Waals surface area contributed by atoms with Crippen LogP contribution in [0.3, 0.4) is 0 Å². The Bertz CT molecular complexity index is 763. The van der Waals surface area contributed by atoms with Gasteiger partial charge in [-0.2, -0.15) is 5.10 Å². The quantitative estimate of drug-likeness (QED) is 0.328. The number of hydrogen-bond acceptors (Lipinski definition) is 4. The highest BCUT2D eigenvalue weighted by molar-refractivity contribution is 14.1. The van der Waals surface area contributed by atoms with Gasteiger partial charge in [0, 0.05) is 14.8 Å². The Morgan fingerprint density at radius 1 is 1.29 bits per heavy atom. The summed E-state index contributed by atoms with van der Waals surface area (Å²) in [4.78, 5) is 11.9. The van der Waals surface area contributed by atoms with Crippen molar-refractivity contribution in [2.75, 3.05) is 19.0 Å². The first kappa shape index (κ1) is 19.0. The van der Waals surface area contributed by atoms with Crippen molar-refractivity contribution in [3.05, 3.63) is 54.7 Å². The van der Waals surface area contributed by atoms with E-state index in [0.717, 1.165) is 29.7 Å². The average Bonchev–Trinajstić information content (AvgIpc) is 2.54. The normalized spacial score (nSPS) is 10.7. The first-order valence-electron chi connectivity index (χ1n) is 7.15. The van der Waals surface area contributed by atoms with Crippen LogP contribution < -0.4 is 15.5 Å². The molecule has 2 aromatic carbocycles. The van der Waals surface area contributed by atoms with E-state index in [4.69, 9.17) is 4.74 Å². The summed E-state index contributed by atoms with van der Waals surface area (Å²) in [5, 5.41) is 7.11. The Kier molecular flexibility index (Phi) is 7.28. The van der Waals surface area contributed by atoms with Crippen LogP contribution >= 0.6 is 45.2 Å². The largest absolute Gasteiger partial charge is 0.495 e. The van der Waals surface area contributed by atoms with Gasteiger partial charge in [0.25, 0.3) is 5.91 Å². The van der Waals surface area contributed by atoms with Gasteiger partial charge in [0.05, 0.1) is 23.4 Å². The Hall–Kier alpha value is -1.36. The summed E-state index contributed by atoms with van der Waals surface area (Å²) in [7, 11) is 1.62. The van der Waals surface area contributed by atoms with Crippen molar-refractivity contribution >= 4 is 63.0 Å². The van der Waals surface area contributed by atoms with Gasteiger partial charge >= 0.3 is 0 Å². The molecule has 0 unspecified atom stereocenters. The van der Waals surface area contributed by atoms with Crippen LogP contribution in [0.4, 0.5) is 5.69 Å². The van der Waals surface area contributed by atoms with Gasteiger partial charge in [-0.05, 0) is 75.9 Å². The van der Waals surface area contributed by atoms with Crippen LogP contribution in [0.2, 0.25) is 0 Å². The number of nitrogens with one attached hydrogen (secondary N) is 2. The van der Waals surface area contributed by atoms with Crippen molar-refractivity contribution in [3.8, 4) is 5.75 Å². The van der Waals surface area contributed by atoms with Gasteiger partial charge in [0.1, 0.15) is 5.75 Å². The Morgan fingerprint density at radius 2 is 2.04 bits per heavy atom. The van der Waals surface area contributed by atoms with Crippen LogP contribution in [0.5, 0.6) is 5.75 Å². The molecule has 0 aliphatic heterocycles. The molecule has 0 spiro atoms. The Morgan fingerprint density at radius 3 is 2.75 bits per heavy atom. The third kappa shape index (κ3) is 5.33. The second-order valence-electron chi connectivity index (χ2n) is 4.97. The van der Waals surface area contributed by atoms with Gasteiger partial charge in [0.2, 0.25) is 0 Å². The molecule has 2 aromatic rings. The van der Waals surface area contributed by atoms with E-state index < -0.39 is 0 Å². The molecule has 0 bridgehead atoms. The van der Waals surface area contributed by atoms with Crippen LogP contribution in [0.25, 0.3) is 0 Å². The summed E-state index contributed by atoms with van der Waals surface area (Å²) < 4.78 is 7.45. The monoisotopic (exact) mass is 549 g/mol. The standard InChI is InChI=1S/C17H17I2N3O2/c1-11-5-3-4-6-15(11)20-10-16(23)22-21-9-12-7-13(18)8-14(19)17(12)24-2/h3-9,20H,10H2,1-2H3,(H,22,23)/b21-9-. The molecule has 0 saturated heterocycles. The fourth-order valence-electron chi connectivity index (χ4n) is 2.05. The number of benzene rings is 2. The van der Waals surface area contributed by atoms with Gasteiger partial charge in [-0.3, -0.25) is 4.79 Å². The highest BCUT2D eigenvalue weighted by Crippen LogP contribution is 2.26. The van der Waals surface area contributed by atoms with E-state index in [9.17, 15) is 4.79 Å². The molecule has 0 atom stereocenters. The molecular weight excluding hydrogens is 532 g/mol. The molecule has 2 N–H and O–H groups in total. The number of carbonyl (C=O) groups excluding carboxylic acids is 1. The number of nitrogens with zero attached hydrogens (tertiary/aromatic N) is 1. The van der Waals surface area contributed by atoms with Gasteiger partial charge in [0.15, 0.2) is 0 Å². The van der Waals surface area contributed by atoms with E-state index in [0.29, 0.717) is 0 Å². The van der Waals surface area contributed by atoms with Gasteiger partial charge in [-0.25, -0.2) is 5.43 Å². The molecule has 5 nitrogen and oxygen atoms in total. The Labute approximate surface area is 168 Å². The van der Waals surface area contributed by atoms with E-state index in [-0.39, 0.29) is 12.5 Å². The summed E-state index contributed by atoms with van der Waals surface area (Å²) >= 11 is 4.44. The summed E-state index contributed by atoms with van der Waals surface area (Å²) in [5.41, 5.74) is 5.36. The maximum absolute atomic E-state index is 11.9. The van der Waals surface area contributed by atoms with Gasteiger partial charge < -0.3 is 10.1 Å². The van der Waals surface area contributed by atoms with E-state index >= 15 is 0 Å². The summed E-state index contributed by atoms with van der Waals surface area (Å²) in [6.45, 7) is 2.15. The lowest BCUT2D eigenvalue weighted by atomic mass is 10.2. The number of hydrazone groups is 1. The number of para-hydroxylation sites is 1. The van der Waals surface area contributed by atoms with Crippen LogP contribution in [0.15, 0.2) is 41.5 Å². The van der Waals surface area contributed by atoms with Gasteiger partial charge in [-0.1, -0.05) is 18.2 Å². The summed E-state index contributed by atoms with van der Waals surface area (Å²) in [6, 6.07) is 11.8. The maximum Gasteiger partial charge on any atom is 0.259 e. The van der Waals surface area contributed by atoms with Crippen molar-refractivity contribution in [1.29, 1.82) is 0 Å². The third-order valence-electron chi connectivity index (χ3n) is 3.22. The van der Waals surface area contributed by atoms with E-state index in [1.807, 2.05) is 43.3 Å². The number of amides is 1. The van der Waals surface area contributed by atoms with Crippen LogP contribution in [-0.2, 0) is 4.79 Å². The number of aryl methyl sites for hydroxylation is 1.